The van der Waals surface area contributed by atoms with Crippen LogP contribution < -0.4 is 40.6 Å². The molecule has 2 aliphatic carbocycles. The van der Waals surface area contributed by atoms with Crippen LogP contribution in [0.3, 0.4) is 0 Å². The number of aromatic nitrogens is 2. The van der Waals surface area contributed by atoms with Crippen LogP contribution >= 0.6 is 0 Å². The third-order valence-electron chi connectivity index (χ3n) is 14.7. The van der Waals surface area contributed by atoms with E-state index in [4.69, 9.17) is 19.4 Å². The molecule has 4 aliphatic rings. The summed E-state index contributed by atoms with van der Waals surface area (Å²) in [7, 11) is -5.80. The zero-order chi connectivity index (χ0) is 46.0. The van der Waals surface area contributed by atoms with Gasteiger partial charge in [0.15, 0.2) is 22.0 Å². The summed E-state index contributed by atoms with van der Waals surface area (Å²) in [5.74, 6) is 4.40. The number of rotatable bonds is 7. The van der Waals surface area contributed by atoms with E-state index in [1.165, 1.54) is 47.1 Å². The number of para-hydroxylation sites is 3. The van der Waals surface area contributed by atoms with Crippen molar-refractivity contribution in [2.24, 2.45) is 5.92 Å². The van der Waals surface area contributed by atoms with Gasteiger partial charge in [-0.05, 0) is 123 Å². The molecule has 12 rings (SSSR count). The Bertz CT molecular complexity index is 3370. The molecule has 0 saturated heterocycles. The van der Waals surface area contributed by atoms with Crippen LogP contribution in [0, 0.1) is 26.7 Å². The third kappa shape index (κ3) is 6.45. The number of fused-ring (bicyclic) bond motifs is 4. The van der Waals surface area contributed by atoms with E-state index in [9.17, 15) is 0 Å². The van der Waals surface area contributed by atoms with Crippen LogP contribution in [0.5, 0.6) is 17.2 Å². The second-order valence-electron chi connectivity index (χ2n) is 18.8. The average molecular weight is 913 g/mol. The lowest BCUT2D eigenvalue weighted by Crippen LogP contribution is -2.71. The quantitative estimate of drug-likeness (QED) is 0.149. The van der Waals surface area contributed by atoms with Crippen molar-refractivity contribution in [1.82, 2.24) is 9.97 Å². The lowest BCUT2D eigenvalue weighted by Gasteiger charge is -2.44. The van der Waals surface area contributed by atoms with Crippen LogP contribution in [0.1, 0.15) is 48.6 Å². The molecule has 3 heterocycles. The fourth-order valence-electron chi connectivity index (χ4n) is 12.0. The zero-order valence-corrected chi connectivity index (χ0v) is 41.0. The number of allylic oxidation sites excluding steroid dienone is 7. The maximum atomic E-state index is 7.35. The Morgan fingerprint density at radius 3 is 1.72 bits per heavy atom. The van der Waals surface area contributed by atoms with Gasteiger partial charge < -0.3 is 9.47 Å². The van der Waals surface area contributed by atoms with Gasteiger partial charge in [-0.15, -0.1) is 0 Å². The summed E-state index contributed by atoms with van der Waals surface area (Å²) in [6.07, 6.45) is 12.6. The highest BCUT2D eigenvalue weighted by molar-refractivity contribution is 7.18. The van der Waals surface area contributed by atoms with E-state index >= 15 is 0 Å². The van der Waals surface area contributed by atoms with Crippen LogP contribution in [-0.4, -0.2) is 26.1 Å². The highest BCUT2D eigenvalue weighted by atomic mass is 28.3. The van der Waals surface area contributed by atoms with Crippen LogP contribution in [0.25, 0.3) is 28.2 Å². The SMILES string of the molecule is Cc1cc(C)c(-c2nc(C3=C4Oc5ccccc5[Si](c5ccccc5)(c5ccccc5)C4=CCC3C)cc(-c3cccc4c3Oc3ccccc3[Si]4(C3=CCCC=C3)c3ccccc3)n2)c(C)c1. The molecule has 0 saturated carbocycles. The van der Waals surface area contributed by atoms with Crippen molar-refractivity contribution in [2.45, 2.75) is 47.0 Å². The Hall–Kier alpha value is -7.39. The number of hydrogen-bond donors (Lipinski definition) is 0. The molecule has 330 valence electrons. The molecule has 4 nitrogen and oxygen atoms in total. The molecule has 2 unspecified atom stereocenters. The lowest BCUT2D eigenvalue weighted by molar-refractivity contribution is 0.432. The van der Waals surface area contributed by atoms with Crippen molar-refractivity contribution in [2.75, 3.05) is 0 Å². The number of hydrogen-bond acceptors (Lipinski definition) is 4. The van der Waals surface area contributed by atoms with Gasteiger partial charge in [0, 0.05) is 16.7 Å². The smallest absolute Gasteiger partial charge is 0.187 e. The standard InChI is InChI=1S/C62H52N2O2Si2/c1-41-38-43(3)58(44(4)39-41)62-63-50(49-30-21-35-56-60(49)65-52-31-17-19-33-54(52)67(56,45-22-9-5-10-23-45)46-24-11-6-12-25-46)40-51(64-62)59-42(2)36-37-57-61(59)66-53-32-18-20-34-55(53)68(57,47-26-13-7-14-27-47)48-28-15-8-16-29-48/h5,7-11,13-35,37-40,42H,6,12,36H2,1-4H3. The van der Waals surface area contributed by atoms with Gasteiger partial charge in [-0.2, -0.15) is 0 Å². The molecule has 0 bridgehead atoms. The number of benzene rings is 7. The molecular formula is C62H52N2O2Si2. The summed E-state index contributed by atoms with van der Waals surface area (Å²) in [6, 6.07) is 64.4. The van der Waals surface area contributed by atoms with Crippen molar-refractivity contribution < 1.29 is 9.47 Å². The first-order valence-electron chi connectivity index (χ1n) is 24.0. The van der Waals surface area contributed by atoms with Crippen LogP contribution in [-0.2, 0) is 0 Å². The van der Waals surface area contributed by atoms with Gasteiger partial charge in [-0.25, -0.2) is 9.97 Å². The Balaban J connectivity index is 1.15. The Kier molecular flexibility index (Phi) is 10.3. The minimum absolute atomic E-state index is 0.101. The first-order chi connectivity index (χ1) is 33.4. The molecule has 0 fully saturated rings. The van der Waals surface area contributed by atoms with Gasteiger partial charge in [0.05, 0.1) is 11.4 Å². The summed E-state index contributed by atoms with van der Waals surface area (Å²) in [4.78, 5) is 11.3. The van der Waals surface area contributed by atoms with Gasteiger partial charge in [0.2, 0.25) is 0 Å². The molecule has 1 aromatic heterocycles. The maximum Gasteiger partial charge on any atom is 0.187 e. The van der Waals surface area contributed by atoms with Crippen LogP contribution in [0.15, 0.2) is 216 Å². The average Bonchev–Trinajstić information content (AvgIpc) is 3.37. The predicted octanol–water partition coefficient (Wildman–Crippen LogP) is 10.9. The Morgan fingerprint density at radius 1 is 0.529 bits per heavy atom. The number of ether oxygens (including phenoxy) is 2. The summed E-state index contributed by atoms with van der Waals surface area (Å²) in [6.45, 7) is 8.87. The molecule has 68 heavy (non-hydrogen) atoms. The monoisotopic (exact) mass is 912 g/mol. The van der Waals surface area contributed by atoms with E-state index in [0.29, 0.717) is 5.82 Å². The predicted molar refractivity (Wildman–Crippen MR) is 285 cm³/mol. The molecule has 7 aromatic carbocycles. The molecule has 0 radical (unpaired) electrons. The van der Waals surface area contributed by atoms with Gasteiger partial charge in [-0.1, -0.05) is 188 Å². The van der Waals surface area contributed by atoms with E-state index in [0.717, 1.165) is 81.5 Å². The minimum Gasteiger partial charge on any atom is -0.457 e. The second-order valence-corrected chi connectivity index (χ2v) is 26.3. The number of nitrogens with zero attached hydrogens (tertiary/aromatic N) is 2. The van der Waals surface area contributed by atoms with Gasteiger partial charge in [-0.3, -0.25) is 0 Å². The van der Waals surface area contributed by atoms with E-state index in [2.05, 4.69) is 228 Å². The minimum atomic E-state index is -2.91. The maximum absolute atomic E-state index is 7.35. The highest BCUT2D eigenvalue weighted by Gasteiger charge is 2.52. The molecular weight excluding hydrogens is 861 g/mol. The van der Waals surface area contributed by atoms with Crippen molar-refractivity contribution in [3.8, 4) is 39.9 Å². The third-order valence-corrected chi connectivity index (χ3v) is 24.4. The second kappa shape index (κ2) is 16.7. The fourth-order valence-corrected chi connectivity index (χ4v) is 22.1. The summed E-state index contributed by atoms with van der Waals surface area (Å²) < 4.78 is 14.6. The van der Waals surface area contributed by atoms with Crippen molar-refractivity contribution in [3.05, 3.63) is 239 Å². The van der Waals surface area contributed by atoms with E-state index < -0.39 is 16.1 Å². The molecule has 2 aliphatic heterocycles. The lowest BCUT2D eigenvalue weighted by atomic mass is 9.88. The highest BCUT2D eigenvalue weighted by Crippen LogP contribution is 2.46. The van der Waals surface area contributed by atoms with Crippen molar-refractivity contribution in [1.29, 1.82) is 0 Å². The first-order valence-corrected chi connectivity index (χ1v) is 28.0. The topological polar surface area (TPSA) is 44.2 Å². The van der Waals surface area contributed by atoms with Crippen molar-refractivity contribution in [3.63, 3.8) is 0 Å². The molecule has 0 amide bonds. The van der Waals surface area contributed by atoms with Crippen LogP contribution in [0.2, 0.25) is 0 Å². The largest absolute Gasteiger partial charge is 0.457 e. The normalized spacial score (nSPS) is 18.7. The van der Waals surface area contributed by atoms with Crippen molar-refractivity contribution >= 4 is 52.8 Å². The molecule has 0 N–H and O–H groups in total. The van der Waals surface area contributed by atoms with E-state index in [-0.39, 0.29) is 5.92 Å². The summed E-state index contributed by atoms with van der Waals surface area (Å²) >= 11 is 0. The van der Waals surface area contributed by atoms with E-state index in [1.807, 2.05) is 0 Å². The molecule has 2 atom stereocenters. The molecule has 0 spiro atoms. The van der Waals surface area contributed by atoms with Gasteiger partial charge in [0.1, 0.15) is 23.0 Å². The van der Waals surface area contributed by atoms with Gasteiger partial charge in [0.25, 0.3) is 0 Å². The Morgan fingerprint density at radius 2 is 1.09 bits per heavy atom. The summed E-state index contributed by atoms with van der Waals surface area (Å²) in [5.41, 5.74) is 8.33. The zero-order valence-electron chi connectivity index (χ0n) is 39.0. The fraction of sp³-hybridized carbons (Fsp3) is 0.129. The Labute approximate surface area is 401 Å². The summed E-state index contributed by atoms with van der Waals surface area (Å²) in [5, 5.41) is 10.4. The van der Waals surface area contributed by atoms with E-state index in [1.54, 1.807) is 0 Å². The number of aryl methyl sites for hydroxylation is 3. The molecule has 8 aromatic rings. The molecule has 6 heteroatoms. The van der Waals surface area contributed by atoms with Crippen LogP contribution in [0.4, 0.5) is 0 Å². The first kappa shape index (κ1) is 42.0. The van der Waals surface area contributed by atoms with Gasteiger partial charge >= 0.3 is 0 Å².